The highest BCUT2D eigenvalue weighted by Gasteiger charge is 2.27. The van der Waals surface area contributed by atoms with Crippen LogP contribution in [0.2, 0.25) is 0 Å². The molecule has 0 aliphatic carbocycles. The zero-order chi connectivity index (χ0) is 17.0. The van der Waals surface area contributed by atoms with E-state index in [4.69, 9.17) is 0 Å². The van der Waals surface area contributed by atoms with Gasteiger partial charge in [0.05, 0.1) is 0 Å². The Morgan fingerprint density at radius 2 is 2.24 bits per heavy atom. The molecule has 7 nitrogen and oxygen atoms in total. The van der Waals surface area contributed by atoms with E-state index in [-0.39, 0.29) is 11.7 Å². The first-order valence-electron chi connectivity index (χ1n) is 8.26. The molecule has 0 atom stereocenters. The van der Waals surface area contributed by atoms with Crippen LogP contribution in [0.5, 0.6) is 0 Å². The zero-order valence-corrected chi connectivity index (χ0v) is 13.7. The number of hydrogen-bond donors (Lipinski definition) is 1. The van der Waals surface area contributed by atoms with Crippen molar-refractivity contribution in [3.05, 3.63) is 59.3 Å². The van der Waals surface area contributed by atoms with E-state index in [1.807, 2.05) is 4.90 Å². The topological polar surface area (TPSA) is 79.2 Å². The maximum atomic E-state index is 12.9. The molecule has 1 N–H and O–H groups in total. The molecule has 0 bridgehead atoms. The maximum absolute atomic E-state index is 12.9. The van der Waals surface area contributed by atoms with Crippen LogP contribution >= 0.6 is 0 Å². The molecule has 5 rings (SSSR count). The van der Waals surface area contributed by atoms with Crippen molar-refractivity contribution in [2.45, 2.75) is 19.9 Å². The van der Waals surface area contributed by atoms with Gasteiger partial charge in [-0.2, -0.15) is 4.98 Å². The van der Waals surface area contributed by atoms with Crippen molar-refractivity contribution in [3.8, 4) is 0 Å². The maximum Gasteiger partial charge on any atom is 0.293 e. The Hall–Kier alpha value is -3.22. The minimum atomic E-state index is -0.154. The second-order valence-electron chi connectivity index (χ2n) is 6.41. The molecule has 25 heavy (non-hydrogen) atoms. The summed E-state index contributed by atoms with van der Waals surface area (Å²) in [5.41, 5.74) is 4.75. The Kier molecular flexibility index (Phi) is 2.91. The predicted molar refractivity (Wildman–Crippen MR) is 92.3 cm³/mol. The Labute approximate surface area is 143 Å². The van der Waals surface area contributed by atoms with Gasteiger partial charge in [0, 0.05) is 54.1 Å². The fraction of sp³-hybridized carbons (Fsp3) is 0.222. The Morgan fingerprint density at radius 1 is 1.32 bits per heavy atom. The number of hydrogen-bond acceptors (Lipinski definition) is 4. The molecular formula is C18H16N6O. The monoisotopic (exact) mass is 332 g/mol. The smallest absolute Gasteiger partial charge is 0.293 e. The summed E-state index contributed by atoms with van der Waals surface area (Å²) in [4.78, 5) is 26.5. The molecule has 0 unspecified atom stereocenters. The molecule has 0 spiro atoms. The van der Waals surface area contributed by atoms with Gasteiger partial charge in [-0.15, -0.1) is 5.10 Å². The summed E-state index contributed by atoms with van der Waals surface area (Å²) >= 11 is 0. The number of fused-ring (bicyclic) bond motifs is 4. The van der Waals surface area contributed by atoms with E-state index in [0.717, 1.165) is 11.9 Å². The number of nitrogens with one attached hydrogen (secondary N) is 1. The Morgan fingerprint density at radius 3 is 3.12 bits per heavy atom. The highest BCUT2D eigenvalue weighted by atomic mass is 16.2. The van der Waals surface area contributed by atoms with Crippen molar-refractivity contribution in [2.24, 2.45) is 0 Å². The fourth-order valence-electron chi connectivity index (χ4n) is 3.47. The molecular weight excluding hydrogens is 316 g/mol. The van der Waals surface area contributed by atoms with Crippen LogP contribution in [0.1, 0.15) is 27.4 Å². The van der Waals surface area contributed by atoms with E-state index in [9.17, 15) is 4.79 Å². The fourth-order valence-corrected chi connectivity index (χ4v) is 3.47. The van der Waals surface area contributed by atoms with Crippen molar-refractivity contribution in [1.82, 2.24) is 29.5 Å². The standard InChI is InChI=1S/C18H16N6O/c1-11-3-4-14-12(9-11)13-10-23(8-5-15(13)20-14)17(25)16-21-18-19-6-2-7-24(18)22-16/h2-4,6-7,9,20H,5,8,10H2,1H3. The molecule has 3 aromatic heterocycles. The third-order valence-corrected chi connectivity index (χ3v) is 4.73. The number of aromatic nitrogens is 5. The number of aromatic amines is 1. The summed E-state index contributed by atoms with van der Waals surface area (Å²) in [7, 11) is 0. The molecule has 1 aliphatic rings. The normalized spacial score (nSPS) is 14.2. The van der Waals surface area contributed by atoms with Crippen molar-refractivity contribution >= 4 is 22.6 Å². The lowest BCUT2D eigenvalue weighted by molar-refractivity contribution is 0.0723. The van der Waals surface area contributed by atoms with Crippen LogP contribution in [-0.4, -0.2) is 41.9 Å². The van der Waals surface area contributed by atoms with Gasteiger partial charge in [0.25, 0.3) is 11.7 Å². The molecule has 0 fully saturated rings. The zero-order valence-electron chi connectivity index (χ0n) is 13.7. The molecule has 124 valence electrons. The van der Waals surface area contributed by atoms with Crippen LogP contribution in [0.25, 0.3) is 16.7 Å². The summed E-state index contributed by atoms with van der Waals surface area (Å²) < 4.78 is 1.53. The van der Waals surface area contributed by atoms with Crippen LogP contribution in [0.15, 0.2) is 36.7 Å². The van der Waals surface area contributed by atoms with Crippen LogP contribution < -0.4 is 0 Å². The van der Waals surface area contributed by atoms with Gasteiger partial charge in [-0.05, 0) is 25.1 Å². The minimum absolute atomic E-state index is 0.154. The van der Waals surface area contributed by atoms with E-state index in [2.05, 4.69) is 45.2 Å². The van der Waals surface area contributed by atoms with Gasteiger partial charge in [0.1, 0.15) is 0 Å². The van der Waals surface area contributed by atoms with Crippen LogP contribution in [-0.2, 0) is 13.0 Å². The number of benzene rings is 1. The third kappa shape index (κ3) is 2.20. The number of carbonyl (C=O) groups excluding carboxylic acids is 1. The molecule has 1 aliphatic heterocycles. The second-order valence-corrected chi connectivity index (χ2v) is 6.41. The Balaban J connectivity index is 1.51. The molecule has 0 radical (unpaired) electrons. The summed E-state index contributed by atoms with van der Waals surface area (Å²) in [5, 5.41) is 5.44. The van der Waals surface area contributed by atoms with Crippen molar-refractivity contribution < 1.29 is 4.79 Å². The quantitative estimate of drug-likeness (QED) is 0.579. The van der Waals surface area contributed by atoms with Crippen LogP contribution in [0, 0.1) is 6.92 Å². The molecule has 1 aromatic carbocycles. The highest BCUT2D eigenvalue weighted by molar-refractivity contribution is 5.92. The molecule has 4 heterocycles. The second kappa shape index (κ2) is 5.14. The van der Waals surface area contributed by atoms with Gasteiger partial charge in [-0.3, -0.25) is 4.79 Å². The molecule has 0 saturated carbocycles. The summed E-state index contributed by atoms with van der Waals surface area (Å²) in [6.07, 6.45) is 4.18. The van der Waals surface area contributed by atoms with E-state index in [1.165, 1.54) is 26.7 Å². The van der Waals surface area contributed by atoms with Crippen LogP contribution in [0.4, 0.5) is 0 Å². The van der Waals surface area contributed by atoms with Crippen molar-refractivity contribution in [1.29, 1.82) is 0 Å². The number of aryl methyl sites for hydroxylation is 1. The van der Waals surface area contributed by atoms with Gasteiger partial charge in [0.2, 0.25) is 5.82 Å². The molecule has 4 aromatic rings. The van der Waals surface area contributed by atoms with Gasteiger partial charge >= 0.3 is 0 Å². The number of amides is 1. The first kappa shape index (κ1) is 14.2. The van der Waals surface area contributed by atoms with E-state index in [1.54, 1.807) is 18.5 Å². The number of rotatable bonds is 1. The Bertz CT molecular complexity index is 1090. The minimum Gasteiger partial charge on any atom is -0.358 e. The lowest BCUT2D eigenvalue weighted by Gasteiger charge is -2.26. The first-order valence-corrected chi connectivity index (χ1v) is 8.26. The first-order chi connectivity index (χ1) is 12.2. The SMILES string of the molecule is Cc1ccc2[nH]c3c(c2c1)CN(C(=O)c1nc2ncccn2n1)CC3. The van der Waals surface area contributed by atoms with Crippen molar-refractivity contribution in [3.63, 3.8) is 0 Å². The summed E-state index contributed by atoms with van der Waals surface area (Å²) in [5.74, 6) is 0.475. The van der Waals surface area contributed by atoms with E-state index in [0.29, 0.717) is 18.9 Å². The average molecular weight is 332 g/mol. The largest absolute Gasteiger partial charge is 0.358 e. The van der Waals surface area contributed by atoms with E-state index < -0.39 is 0 Å². The summed E-state index contributed by atoms with van der Waals surface area (Å²) in [6.45, 7) is 3.30. The average Bonchev–Trinajstić information content (AvgIpc) is 3.21. The van der Waals surface area contributed by atoms with Gasteiger partial charge in [0.15, 0.2) is 0 Å². The number of nitrogens with zero attached hydrogens (tertiary/aromatic N) is 5. The molecule has 7 heteroatoms. The molecule has 0 saturated heterocycles. The van der Waals surface area contributed by atoms with Gasteiger partial charge in [-0.25, -0.2) is 9.50 Å². The predicted octanol–water partition coefficient (Wildman–Crippen LogP) is 2.11. The van der Waals surface area contributed by atoms with E-state index >= 15 is 0 Å². The third-order valence-electron chi connectivity index (χ3n) is 4.73. The molecule has 1 amide bonds. The lowest BCUT2D eigenvalue weighted by atomic mass is 10.0. The van der Waals surface area contributed by atoms with Gasteiger partial charge in [-0.1, -0.05) is 11.6 Å². The van der Waals surface area contributed by atoms with Crippen LogP contribution in [0.3, 0.4) is 0 Å². The number of carbonyl (C=O) groups is 1. The highest BCUT2D eigenvalue weighted by Crippen LogP contribution is 2.28. The lowest BCUT2D eigenvalue weighted by Crippen LogP contribution is -2.36. The summed E-state index contributed by atoms with van der Waals surface area (Å²) in [6, 6.07) is 8.13. The number of H-pyrrole nitrogens is 1. The van der Waals surface area contributed by atoms with Gasteiger partial charge < -0.3 is 9.88 Å². The van der Waals surface area contributed by atoms with Crippen molar-refractivity contribution in [2.75, 3.05) is 6.54 Å².